The van der Waals surface area contributed by atoms with E-state index in [1.165, 1.54) is 19.3 Å². The van der Waals surface area contributed by atoms with Crippen LogP contribution in [0.4, 0.5) is 0 Å². The van der Waals surface area contributed by atoms with Crippen LogP contribution in [0.3, 0.4) is 0 Å². The van der Waals surface area contributed by atoms with Crippen LogP contribution in [-0.2, 0) is 15.0 Å². The summed E-state index contributed by atoms with van der Waals surface area (Å²) >= 11 is 0. The summed E-state index contributed by atoms with van der Waals surface area (Å²) in [5.74, 6) is 1.92. The van der Waals surface area contributed by atoms with Gasteiger partial charge in [0.15, 0.2) is 0 Å². The minimum Gasteiger partial charge on any atom is -0.493 e. The lowest BCUT2D eigenvalue weighted by Crippen LogP contribution is -2.51. The Morgan fingerprint density at radius 1 is 1.03 bits per heavy atom. The van der Waals surface area contributed by atoms with Crippen LogP contribution in [0.5, 0.6) is 5.75 Å². The Labute approximate surface area is 187 Å². The van der Waals surface area contributed by atoms with Crippen molar-refractivity contribution in [3.63, 3.8) is 0 Å². The molecule has 1 aliphatic heterocycles. The van der Waals surface area contributed by atoms with Gasteiger partial charge < -0.3 is 15.0 Å². The average Bonchev–Trinajstić information content (AvgIpc) is 2.78. The number of carbonyl (C=O) groups is 2. The molecule has 3 rings (SSSR count). The molecule has 5 nitrogen and oxygen atoms in total. The summed E-state index contributed by atoms with van der Waals surface area (Å²) in [6.45, 7) is 10.4. The zero-order valence-electron chi connectivity index (χ0n) is 19.8. The molecule has 1 aromatic carbocycles. The second-order valence-electron chi connectivity index (χ2n) is 10.3. The van der Waals surface area contributed by atoms with Gasteiger partial charge in [0.2, 0.25) is 11.8 Å². The van der Waals surface area contributed by atoms with Crippen molar-refractivity contribution in [1.82, 2.24) is 10.2 Å². The Balaban J connectivity index is 1.49. The average molecular weight is 429 g/mol. The first-order chi connectivity index (χ1) is 14.8. The molecule has 1 aromatic rings. The van der Waals surface area contributed by atoms with Gasteiger partial charge in [-0.25, -0.2) is 0 Å². The molecule has 0 aromatic heterocycles. The Kier molecular flexibility index (Phi) is 8.01. The maximum absolute atomic E-state index is 13.1. The van der Waals surface area contributed by atoms with Crippen LogP contribution in [0.2, 0.25) is 0 Å². The molecule has 1 aliphatic carbocycles. The highest BCUT2D eigenvalue weighted by Crippen LogP contribution is 2.28. The summed E-state index contributed by atoms with van der Waals surface area (Å²) in [5, 5.41) is 3.24. The first-order valence-electron chi connectivity index (χ1n) is 12.1. The molecule has 31 heavy (non-hydrogen) atoms. The monoisotopic (exact) mass is 428 g/mol. The molecular formula is C26H40N2O3. The van der Waals surface area contributed by atoms with Gasteiger partial charge in [0.25, 0.3) is 0 Å². The van der Waals surface area contributed by atoms with E-state index in [9.17, 15) is 9.59 Å². The second-order valence-corrected chi connectivity index (χ2v) is 10.3. The van der Waals surface area contributed by atoms with Crippen molar-refractivity contribution in [3.8, 4) is 5.75 Å². The summed E-state index contributed by atoms with van der Waals surface area (Å²) in [6.07, 6.45) is 7.40. The van der Waals surface area contributed by atoms with E-state index in [0.29, 0.717) is 18.4 Å². The van der Waals surface area contributed by atoms with Crippen molar-refractivity contribution in [2.24, 2.45) is 11.8 Å². The highest BCUT2D eigenvalue weighted by atomic mass is 16.5. The largest absolute Gasteiger partial charge is 0.493 e. The van der Waals surface area contributed by atoms with Crippen molar-refractivity contribution < 1.29 is 14.3 Å². The number of ether oxygens (including phenoxy) is 1. The van der Waals surface area contributed by atoms with Crippen molar-refractivity contribution in [2.75, 3.05) is 19.7 Å². The van der Waals surface area contributed by atoms with E-state index in [-0.39, 0.29) is 17.9 Å². The summed E-state index contributed by atoms with van der Waals surface area (Å²) in [7, 11) is 0. The number of nitrogens with one attached hydrogen (secondary N) is 1. The van der Waals surface area contributed by atoms with Gasteiger partial charge >= 0.3 is 0 Å². The molecule has 0 unspecified atom stereocenters. The van der Waals surface area contributed by atoms with E-state index in [1.54, 1.807) is 0 Å². The van der Waals surface area contributed by atoms with Gasteiger partial charge in [-0.3, -0.25) is 9.59 Å². The van der Waals surface area contributed by atoms with E-state index >= 15 is 0 Å². The Morgan fingerprint density at radius 3 is 2.23 bits per heavy atom. The number of hydrogen-bond acceptors (Lipinski definition) is 3. The van der Waals surface area contributed by atoms with Crippen molar-refractivity contribution in [2.45, 2.75) is 84.1 Å². The molecule has 1 saturated heterocycles. The topological polar surface area (TPSA) is 58.6 Å². The van der Waals surface area contributed by atoms with Crippen molar-refractivity contribution in [3.05, 3.63) is 29.8 Å². The zero-order chi connectivity index (χ0) is 22.4. The SMILES string of the molecule is CC(C)COc1ccc(C(C)(C)C(=O)NC2CCN(C(=O)C3CCCCC3)CC2)cc1. The highest BCUT2D eigenvalue weighted by Gasteiger charge is 2.34. The molecule has 172 valence electrons. The molecule has 0 bridgehead atoms. The molecule has 1 saturated carbocycles. The van der Waals surface area contributed by atoms with Crippen LogP contribution in [0, 0.1) is 11.8 Å². The first kappa shape index (κ1) is 23.6. The number of benzene rings is 1. The lowest BCUT2D eigenvalue weighted by Gasteiger charge is -2.36. The van der Waals surface area contributed by atoms with Crippen LogP contribution < -0.4 is 10.1 Å². The number of nitrogens with zero attached hydrogens (tertiary/aromatic N) is 1. The van der Waals surface area contributed by atoms with E-state index in [4.69, 9.17) is 4.74 Å². The van der Waals surface area contributed by atoms with Gasteiger partial charge in [-0.05, 0) is 63.1 Å². The van der Waals surface area contributed by atoms with E-state index in [1.807, 2.05) is 43.0 Å². The smallest absolute Gasteiger partial charge is 0.230 e. The second kappa shape index (κ2) is 10.5. The fourth-order valence-electron chi connectivity index (χ4n) is 4.58. The molecule has 2 aliphatic rings. The van der Waals surface area contributed by atoms with Crippen LogP contribution in [-0.4, -0.2) is 42.5 Å². The van der Waals surface area contributed by atoms with E-state index in [2.05, 4.69) is 19.2 Å². The molecule has 1 N–H and O–H groups in total. The van der Waals surface area contributed by atoms with Gasteiger partial charge in [0, 0.05) is 25.0 Å². The van der Waals surface area contributed by atoms with Crippen LogP contribution in [0.25, 0.3) is 0 Å². The van der Waals surface area contributed by atoms with E-state index in [0.717, 1.165) is 50.1 Å². The predicted octanol–water partition coefficient (Wildman–Crippen LogP) is 4.69. The van der Waals surface area contributed by atoms with Gasteiger partial charge in [-0.1, -0.05) is 45.2 Å². The number of piperidine rings is 1. The van der Waals surface area contributed by atoms with Crippen LogP contribution in [0.15, 0.2) is 24.3 Å². The maximum Gasteiger partial charge on any atom is 0.230 e. The Hall–Kier alpha value is -2.04. The van der Waals surface area contributed by atoms with Crippen LogP contribution >= 0.6 is 0 Å². The first-order valence-corrected chi connectivity index (χ1v) is 12.1. The third kappa shape index (κ3) is 6.24. The lowest BCUT2D eigenvalue weighted by molar-refractivity contribution is -0.137. The molecule has 0 radical (unpaired) electrons. The summed E-state index contributed by atoms with van der Waals surface area (Å²) < 4.78 is 5.76. The minimum atomic E-state index is -0.619. The molecule has 2 amide bonds. The number of amides is 2. The lowest BCUT2D eigenvalue weighted by atomic mass is 9.83. The molecule has 1 heterocycles. The quantitative estimate of drug-likeness (QED) is 0.686. The Morgan fingerprint density at radius 2 is 1.65 bits per heavy atom. The molecule has 5 heteroatoms. The Bertz CT molecular complexity index is 728. The molecule has 0 atom stereocenters. The zero-order valence-corrected chi connectivity index (χ0v) is 19.8. The third-order valence-corrected chi connectivity index (χ3v) is 6.82. The summed E-state index contributed by atoms with van der Waals surface area (Å²) in [6, 6.07) is 8.00. The van der Waals surface area contributed by atoms with Gasteiger partial charge in [-0.15, -0.1) is 0 Å². The van der Waals surface area contributed by atoms with Gasteiger partial charge in [0.1, 0.15) is 5.75 Å². The normalized spacial score (nSPS) is 18.8. The number of likely N-dealkylation sites (tertiary alicyclic amines) is 1. The van der Waals surface area contributed by atoms with Gasteiger partial charge in [0.05, 0.1) is 12.0 Å². The number of hydrogen-bond donors (Lipinski definition) is 1. The minimum absolute atomic E-state index is 0.0420. The summed E-state index contributed by atoms with van der Waals surface area (Å²) in [5.41, 5.74) is 0.359. The third-order valence-electron chi connectivity index (χ3n) is 6.82. The van der Waals surface area contributed by atoms with Crippen LogP contribution in [0.1, 0.15) is 78.2 Å². The highest BCUT2D eigenvalue weighted by molar-refractivity contribution is 5.87. The van der Waals surface area contributed by atoms with Crippen molar-refractivity contribution >= 4 is 11.8 Å². The standard InChI is InChI=1S/C26H40N2O3/c1-19(2)18-31-23-12-10-21(11-13-23)26(3,4)25(30)27-22-14-16-28(17-15-22)24(29)20-8-6-5-7-9-20/h10-13,19-20,22H,5-9,14-18H2,1-4H3,(H,27,30). The number of carbonyl (C=O) groups excluding carboxylic acids is 2. The molecule has 2 fully saturated rings. The number of rotatable bonds is 7. The summed E-state index contributed by atoms with van der Waals surface area (Å²) in [4.78, 5) is 27.9. The predicted molar refractivity (Wildman–Crippen MR) is 124 cm³/mol. The fourth-order valence-corrected chi connectivity index (χ4v) is 4.58. The van der Waals surface area contributed by atoms with E-state index < -0.39 is 5.41 Å². The molecule has 0 spiro atoms. The van der Waals surface area contributed by atoms with Crippen molar-refractivity contribution in [1.29, 1.82) is 0 Å². The maximum atomic E-state index is 13.1. The fraction of sp³-hybridized carbons (Fsp3) is 0.692. The van der Waals surface area contributed by atoms with Gasteiger partial charge in [-0.2, -0.15) is 0 Å². The molecular weight excluding hydrogens is 388 g/mol.